The Morgan fingerprint density at radius 2 is 1.36 bits per heavy atom. The Balaban J connectivity index is 2.02. The summed E-state index contributed by atoms with van der Waals surface area (Å²) in [6.07, 6.45) is -2.05. The Morgan fingerprint density at radius 3 is 1.94 bits per heavy atom. The Morgan fingerprint density at radius 1 is 0.818 bits per heavy atom. The van der Waals surface area contributed by atoms with E-state index in [4.69, 9.17) is 0 Å². The third-order valence-corrected chi connectivity index (χ3v) is 5.80. The van der Waals surface area contributed by atoms with Gasteiger partial charge in [0, 0.05) is 16.8 Å². The number of carbonyl (C=O) groups is 3. The summed E-state index contributed by atoms with van der Waals surface area (Å²) in [6.45, 7) is 3.77. The summed E-state index contributed by atoms with van der Waals surface area (Å²) < 4.78 is 0. The predicted molar refractivity (Wildman–Crippen MR) is 126 cm³/mol. The van der Waals surface area contributed by atoms with E-state index in [0.29, 0.717) is 16.8 Å². The average Bonchev–Trinajstić information content (AvgIpc) is 3.13. The highest BCUT2D eigenvalue weighted by Crippen LogP contribution is 2.42. The first-order valence-electron chi connectivity index (χ1n) is 10.5. The second-order valence-corrected chi connectivity index (χ2v) is 8.15. The first kappa shape index (κ1) is 22.2. The van der Waals surface area contributed by atoms with E-state index >= 15 is 0 Å². The van der Waals surface area contributed by atoms with Crippen LogP contribution in [-0.4, -0.2) is 34.0 Å². The maximum atomic E-state index is 13.7. The van der Waals surface area contributed by atoms with Crippen molar-refractivity contribution in [2.45, 2.75) is 20.0 Å². The van der Waals surface area contributed by atoms with Gasteiger partial charge >= 0.3 is 5.97 Å². The second-order valence-electron chi connectivity index (χ2n) is 8.15. The van der Waals surface area contributed by atoms with Crippen LogP contribution in [0.1, 0.15) is 32.6 Å². The molecule has 6 heteroatoms. The standard InChI is InChI=1S/C27H23NO5/c1-15-7-11-17(12-8-15)21(22-19-5-3-4-6-20(19)28-26(22)31)23(25(30)27(32)33)24(29)18-13-9-16(2)10-14-18/h3-14,23,25,30H,1-2H3,(H,28,31)(H,32,33)/b22-21+. The molecular formula is C27H23NO5. The zero-order chi connectivity index (χ0) is 23.7. The Labute approximate surface area is 191 Å². The largest absolute Gasteiger partial charge is 0.479 e. The molecule has 0 saturated heterocycles. The molecule has 6 nitrogen and oxygen atoms in total. The fraction of sp³-hybridized carbons (Fsp3) is 0.148. The van der Waals surface area contributed by atoms with Crippen molar-refractivity contribution in [2.24, 2.45) is 5.92 Å². The summed E-state index contributed by atoms with van der Waals surface area (Å²) in [5, 5.41) is 23.3. The lowest BCUT2D eigenvalue weighted by molar-refractivity contribution is -0.147. The van der Waals surface area contributed by atoms with Gasteiger partial charge in [-0.05, 0) is 31.1 Å². The molecule has 1 amide bonds. The minimum atomic E-state index is -2.05. The molecule has 2 atom stereocenters. The van der Waals surface area contributed by atoms with Crippen molar-refractivity contribution in [3.8, 4) is 0 Å². The number of carbonyl (C=O) groups excluding carboxylic acids is 2. The topological polar surface area (TPSA) is 104 Å². The molecule has 0 fully saturated rings. The van der Waals surface area contributed by atoms with Gasteiger partial charge in [-0.1, -0.05) is 77.9 Å². The number of aryl methyl sites for hydroxylation is 2. The molecule has 2 unspecified atom stereocenters. The number of aliphatic carboxylic acids is 1. The third kappa shape index (κ3) is 4.21. The Hall–Kier alpha value is -4.03. The number of nitrogens with one attached hydrogen (secondary N) is 1. The number of anilines is 1. The van der Waals surface area contributed by atoms with Crippen LogP contribution in [-0.2, 0) is 9.59 Å². The number of hydrogen-bond acceptors (Lipinski definition) is 4. The summed E-state index contributed by atoms with van der Waals surface area (Å²) >= 11 is 0. The minimum absolute atomic E-state index is 0.179. The molecule has 1 heterocycles. The van der Waals surface area contributed by atoms with Gasteiger partial charge in [0.05, 0.1) is 11.5 Å². The Bertz CT molecular complexity index is 1270. The molecule has 0 bridgehead atoms. The maximum Gasteiger partial charge on any atom is 0.333 e. The quantitative estimate of drug-likeness (QED) is 0.395. The van der Waals surface area contributed by atoms with Crippen LogP contribution in [0.25, 0.3) is 11.1 Å². The summed E-state index contributed by atoms with van der Waals surface area (Å²) in [4.78, 5) is 38.7. The predicted octanol–water partition coefficient (Wildman–Crippen LogP) is 4.11. The Kier molecular flexibility index (Phi) is 5.94. The smallest absolute Gasteiger partial charge is 0.333 e. The SMILES string of the molecule is Cc1ccc(C(=O)C(/C(=C2/C(=O)Nc3ccccc32)c2ccc(C)cc2)C(O)C(=O)O)cc1. The molecule has 1 aliphatic heterocycles. The highest BCUT2D eigenvalue weighted by atomic mass is 16.4. The summed E-state index contributed by atoms with van der Waals surface area (Å²) in [5.74, 6) is -4.08. The number of carboxylic acid groups (broad SMARTS) is 1. The van der Waals surface area contributed by atoms with E-state index in [1.165, 1.54) is 0 Å². The number of Topliss-reactive ketones (excluding diaryl/α,β-unsaturated/α-hetero) is 1. The summed E-state index contributed by atoms with van der Waals surface area (Å²) in [7, 11) is 0. The highest BCUT2D eigenvalue weighted by Gasteiger charge is 2.40. The summed E-state index contributed by atoms with van der Waals surface area (Å²) in [6, 6.07) is 20.8. The minimum Gasteiger partial charge on any atom is -0.479 e. The fourth-order valence-electron chi connectivity index (χ4n) is 4.07. The first-order valence-corrected chi connectivity index (χ1v) is 10.5. The van der Waals surface area contributed by atoms with E-state index in [0.717, 1.165) is 11.1 Å². The van der Waals surface area contributed by atoms with Crippen LogP contribution in [0.2, 0.25) is 0 Å². The van der Waals surface area contributed by atoms with Crippen molar-refractivity contribution in [3.05, 3.63) is 101 Å². The van der Waals surface area contributed by atoms with E-state index in [1.54, 1.807) is 60.7 Å². The number of aliphatic hydroxyl groups is 1. The number of benzene rings is 3. The molecule has 0 aromatic heterocycles. The lowest BCUT2D eigenvalue weighted by atomic mass is 9.78. The molecule has 0 saturated carbocycles. The number of amides is 1. The van der Waals surface area contributed by atoms with Crippen LogP contribution in [0.15, 0.2) is 72.8 Å². The molecule has 3 N–H and O–H groups in total. The molecule has 3 aromatic rings. The lowest BCUT2D eigenvalue weighted by Gasteiger charge is -2.24. The maximum absolute atomic E-state index is 13.7. The number of aliphatic hydroxyl groups excluding tert-OH is 1. The summed E-state index contributed by atoms with van der Waals surface area (Å²) in [5.41, 5.74) is 4.11. The number of fused-ring (bicyclic) bond motifs is 1. The number of ketones is 1. The normalized spacial score (nSPS) is 15.9. The van der Waals surface area contributed by atoms with Gasteiger partial charge in [-0.2, -0.15) is 0 Å². The van der Waals surface area contributed by atoms with Gasteiger partial charge in [0.2, 0.25) is 0 Å². The van der Waals surface area contributed by atoms with Crippen molar-refractivity contribution in [1.29, 1.82) is 0 Å². The number of hydrogen-bond donors (Lipinski definition) is 3. The van der Waals surface area contributed by atoms with Gasteiger partial charge in [-0.15, -0.1) is 0 Å². The highest BCUT2D eigenvalue weighted by molar-refractivity contribution is 6.38. The van der Waals surface area contributed by atoms with Crippen molar-refractivity contribution in [1.82, 2.24) is 0 Å². The molecule has 0 spiro atoms. The number of rotatable bonds is 6. The second kappa shape index (κ2) is 8.84. The van der Waals surface area contributed by atoms with E-state index in [9.17, 15) is 24.6 Å². The van der Waals surface area contributed by atoms with Gasteiger partial charge in [0.1, 0.15) is 0 Å². The van der Waals surface area contributed by atoms with Crippen LogP contribution in [0.5, 0.6) is 0 Å². The average molecular weight is 441 g/mol. The van der Waals surface area contributed by atoms with Crippen molar-refractivity contribution >= 4 is 34.5 Å². The van der Waals surface area contributed by atoms with E-state index in [-0.39, 0.29) is 16.7 Å². The van der Waals surface area contributed by atoms with Gasteiger partial charge in [-0.25, -0.2) is 4.79 Å². The van der Waals surface area contributed by atoms with Gasteiger partial charge in [-0.3, -0.25) is 9.59 Å². The van der Waals surface area contributed by atoms with Crippen LogP contribution in [0.4, 0.5) is 5.69 Å². The molecule has 166 valence electrons. The van der Waals surface area contributed by atoms with Crippen LogP contribution >= 0.6 is 0 Å². The monoisotopic (exact) mass is 441 g/mol. The number of carboxylic acids is 1. The fourth-order valence-corrected chi connectivity index (χ4v) is 4.07. The van der Waals surface area contributed by atoms with Gasteiger partial charge in [0.25, 0.3) is 5.91 Å². The zero-order valence-electron chi connectivity index (χ0n) is 18.2. The molecule has 4 rings (SSSR count). The van der Waals surface area contributed by atoms with E-state index in [2.05, 4.69) is 5.32 Å². The lowest BCUT2D eigenvalue weighted by Crippen LogP contribution is -2.36. The zero-order valence-corrected chi connectivity index (χ0v) is 18.2. The van der Waals surface area contributed by atoms with Crippen LogP contribution in [0.3, 0.4) is 0 Å². The van der Waals surface area contributed by atoms with E-state index in [1.807, 2.05) is 26.0 Å². The number of para-hydroxylation sites is 1. The molecular weight excluding hydrogens is 418 g/mol. The molecule has 0 aliphatic carbocycles. The first-order chi connectivity index (χ1) is 15.8. The van der Waals surface area contributed by atoms with Crippen LogP contribution in [0, 0.1) is 19.8 Å². The third-order valence-electron chi connectivity index (χ3n) is 5.80. The molecule has 3 aromatic carbocycles. The van der Waals surface area contributed by atoms with Crippen molar-refractivity contribution in [3.63, 3.8) is 0 Å². The molecule has 0 radical (unpaired) electrons. The van der Waals surface area contributed by atoms with Gasteiger partial charge < -0.3 is 15.5 Å². The van der Waals surface area contributed by atoms with E-state index < -0.39 is 29.7 Å². The van der Waals surface area contributed by atoms with Crippen molar-refractivity contribution < 1.29 is 24.6 Å². The van der Waals surface area contributed by atoms with Crippen LogP contribution < -0.4 is 5.32 Å². The molecule has 33 heavy (non-hydrogen) atoms. The van der Waals surface area contributed by atoms with Gasteiger partial charge in [0.15, 0.2) is 11.9 Å². The van der Waals surface area contributed by atoms with Crippen molar-refractivity contribution in [2.75, 3.05) is 5.32 Å². The molecule has 1 aliphatic rings.